The van der Waals surface area contributed by atoms with Crippen molar-refractivity contribution in [1.82, 2.24) is 14.9 Å². The van der Waals surface area contributed by atoms with Crippen molar-refractivity contribution in [2.75, 3.05) is 27.2 Å². The molecule has 1 unspecified atom stereocenters. The molecule has 0 spiro atoms. The number of likely N-dealkylation sites (tertiary alicyclic amines) is 1. The normalized spacial score (nSPS) is 16.0. The van der Waals surface area contributed by atoms with Crippen LogP contribution < -0.4 is 4.74 Å². The van der Waals surface area contributed by atoms with E-state index >= 15 is 8.78 Å². The Labute approximate surface area is 201 Å². The second-order valence-electron chi connectivity index (χ2n) is 8.83. The maximum atomic E-state index is 16.0. The Balaban J connectivity index is 1.63. The van der Waals surface area contributed by atoms with Crippen LogP contribution in [-0.2, 0) is 4.74 Å². The number of H-pyrrole nitrogens is 1. The fraction of sp³-hybridized carbons (Fsp3) is 0.296. The van der Waals surface area contributed by atoms with Crippen LogP contribution in [0, 0.1) is 17.5 Å². The zero-order valence-electron chi connectivity index (χ0n) is 19.5. The number of nitrogens with zero attached hydrogens (tertiary/aromatic N) is 2. The summed E-state index contributed by atoms with van der Waals surface area (Å²) in [6.45, 7) is 1.59. The molecular weight excluding hydrogens is 455 g/mol. The summed E-state index contributed by atoms with van der Waals surface area (Å²) >= 11 is 0. The monoisotopic (exact) mass is 481 g/mol. The van der Waals surface area contributed by atoms with Gasteiger partial charge in [-0.3, -0.25) is 0 Å². The largest absolute Gasteiger partial charge is 0.497 e. The lowest BCUT2D eigenvalue weighted by molar-refractivity contribution is -0.0291. The van der Waals surface area contributed by atoms with Crippen molar-refractivity contribution in [2.45, 2.75) is 25.0 Å². The topological polar surface area (TPSA) is 50.4 Å². The third kappa shape index (κ3) is 4.63. The van der Waals surface area contributed by atoms with Crippen LogP contribution in [0.5, 0.6) is 5.75 Å². The number of aromatic nitrogens is 2. The van der Waals surface area contributed by atoms with Crippen LogP contribution in [0.1, 0.15) is 30.3 Å². The van der Waals surface area contributed by atoms with E-state index in [0.29, 0.717) is 35.2 Å². The second-order valence-corrected chi connectivity index (χ2v) is 8.83. The average molecular weight is 482 g/mol. The quantitative estimate of drug-likeness (QED) is 0.351. The summed E-state index contributed by atoms with van der Waals surface area (Å²) in [5.74, 6) is -2.51. The Bertz CT molecular complexity index is 1300. The minimum atomic E-state index is -1.28. The molecule has 8 heteroatoms. The SMILES string of the molecule is COc1ccc(-c2cc(F)c(F)c(C(OC3CCN(C)CC3)c3nc4ccccc4[nH]3)c2F)cc1. The lowest BCUT2D eigenvalue weighted by atomic mass is 9.97. The third-order valence-corrected chi connectivity index (χ3v) is 6.50. The van der Waals surface area contributed by atoms with E-state index in [1.54, 1.807) is 30.3 Å². The van der Waals surface area contributed by atoms with E-state index < -0.39 is 29.1 Å². The molecule has 0 aliphatic carbocycles. The van der Waals surface area contributed by atoms with E-state index in [1.807, 2.05) is 25.2 Å². The Kier molecular flexibility index (Phi) is 6.49. The van der Waals surface area contributed by atoms with E-state index in [-0.39, 0.29) is 17.5 Å². The number of para-hydroxylation sites is 2. The molecule has 1 aromatic heterocycles. The molecule has 2 heterocycles. The predicted octanol–water partition coefficient (Wildman–Crippen LogP) is 5.86. The Morgan fingerprint density at radius 3 is 2.40 bits per heavy atom. The summed E-state index contributed by atoms with van der Waals surface area (Å²) in [7, 11) is 3.53. The molecule has 4 aromatic rings. The lowest BCUT2D eigenvalue weighted by Gasteiger charge is -2.31. The number of nitrogens with one attached hydrogen (secondary N) is 1. The molecule has 3 aromatic carbocycles. The number of hydrogen-bond acceptors (Lipinski definition) is 4. The summed E-state index contributed by atoms with van der Waals surface area (Å²) in [6.07, 6.45) is -0.117. The van der Waals surface area contributed by atoms with E-state index in [0.717, 1.165) is 19.2 Å². The number of hydrogen-bond donors (Lipinski definition) is 1. The maximum Gasteiger partial charge on any atom is 0.168 e. The molecule has 1 saturated heterocycles. The summed E-state index contributed by atoms with van der Waals surface area (Å²) < 4.78 is 57.7. The van der Waals surface area contributed by atoms with Crippen LogP contribution in [-0.4, -0.2) is 48.2 Å². The molecule has 1 aliphatic heterocycles. The van der Waals surface area contributed by atoms with Crippen molar-refractivity contribution in [3.63, 3.8) is 0 Å². The molecule has 5 nitrogen and oxygen atoms in total. The van der Waals surface area contributed by atoms with Gasteiger partial charge in [-0.15, -0.1) is 0 Å². The molecule has 1 N–H and O–H groups in total. The van der Waals surface area contributed by atoms with E-state index in [9.17, 15) is 4.39 Å². The van der Waals surface area contributed by atoms with Crippen molar-refractivity contribution in [2.24, 2.45) is 0 Å². The van der Waals surface area contributed by atoms with Gasteiger partial charge in [-0.2, -0.15) is 0 Å². The molecule has 0 amide bonds. The van der Waals surface area contributed by atoms with Gasteiger partial charge in [-0.05, 0) is 55.8 Å². The number of fused-ring (bicyclic) bond motifs is 1. The second kappa shape index (κ2) is 9.71. The average Bonchev–Trinajstić information content (AvgIpc) is 3.31. The summed E-state index contributed by atoms with van der Waals surface area (Å²) in [6, 6.07) is 14.6. The van der Waals surface area contributed by atoms with Gasteiger partial charge in [0.2, 0.25) is 0 Å². The van der Waals surface area contributed by atoms with Crippen LogP contribution in [0.15, 0.2) is 54.6 Å². The first-order valence-corrected chi connectivity index (χ1v) is 11.5. The van der Waals surface area contributed by atoms with Crippen molar-refractivity contribution in [1.29, 1.82) is 0 Å². The minimum absolute atomic E-state index is 0.0605. The highest BCUT2D eigenvalue weighted by Crippen LogP contribution is 2.38. The Morgan fingerprint density at radius 2 is 1.71 bits per heavy atom. The first-order valence-electron chi connectivity index (χ1n) is 11.5. The van der Waals surface area contributed by atoms with E-state index in [2.05, 4.69) is 14.9 Å². The van der Waals surface area contributed by atoms with Gasteiger partial charge in [-0.25, -0.2) is 18.2 Å². The fourth-order valence-electron chi connectivity index (χ4n) is 4.51. The maximum absolute atomic E-state index is 16.0. The lowest BCUT2D eigenvalue weighted by Crippen LogP contribution is -2.35. The minimum Gasteiger partial charge on any atom is -0.497 e. The van der Waals surface area contributed by atoms with Crippen molar-refractivity contribution >= 4 is 11.0 Å². The molecule has 5 rings (SSSR count). The van der Waals surface area contributed by atoms with Crippen LogP contribution in [0.3, 0.4) is 0 Å². The number of methoxy groups -OCH3 is 1. The first kappa shape index (κ1) is 23.4. The molecule has 0 saturated carbocycles. The first-order chi connectivity index (χ1) is 16.9. The predicted molar refractivity (Wildman–Crippen MR) is 128 cm³/mol. The van der Waals surface area contributed by atoms with Gasteiger partial charge in [0.05, 0.1) is 29.8 Å². The number of benzene rings is 3. The number of imidazole rings is 1. The summed E-state index contributed by atoms with van der Waals surface area (Å²) in [4.78, 5) is 9.83. The number of ether oxygens (including phenoxy) is 2. The van der Waals surface area contributed by atoms with Crippen LogP contribution >= 0.6 is 0 Å². The number of aromatic amines is 1. The summed E-state index contributed by atoms with van der Waals surface area (Å²) in [5.41, 5.74) is 1.17. The smallest absolute Gasteiger partial charge is 0.168 e. The Hall–Kier alpha value is -3.36. The number of piperidine rings is 1. The van der Waals surface area contributed by atoms with Gasteiger partial charge in [0.15, 0.2) is 11.6 Å². The van der Waals surface area contributed by atoms with E-state index in [4.69, 9.17) is 9.47 Å². The van der Waals surface area contributed by atoms with Crippen molar-refractivity contribution in [3.05, 3.63) is 83.4 Å². The molecule has 1 fully saturated rings. The van der Waals surface area contributed by atoms with E-state index in [1.165, 1.54) is 7.11 Å². The Morgan fingerprint density at radius 1 is 1.00 bits per heavy atom. The fourth-order valence-corrected chi connectivity index (χ4v) is 4.51. The van der Waals surface area contributed by atoms with Gasteiger partial charge in [0.25, 0.3) is 0 Å². The van der Waals surface area contributed by atoms with Crippen LogP contribution in [0.2, 0.25) is 0 Å². The zero-order valence-corrected chi connectivity index (χ0v) is 19.5. The van der Waals surface area contributed by atoms with Gasteiger partial charge >= 0.3 is 0 Å². The highest BCUT2D eigenvalue weighted by atomic mass is 19.2. The molecule has 0 radical (unpaired) electrons. The standard InChI is InChI=1S/C27H26F3N3O2/c1-33-13-11-18(12-14-33)35-26(27-31-21-5-3-4-6-22(21)32-27)23-24(29)19(15-20(28)25(23)30)16-7-9-17(34-2)10-8-16/h3-10,15,18,26H,11-14H2,1-2H3,(H,31,32). The van der Waals surface area contributed by atoms with Gasteiger partial charge in [0, 0.05) is 18.7 Å². The number of rotatable bonds is 6. The van der Waals surface area contributed by atoms with Gasteiger partial charge in [-0.1, -0.05) is 24.3 Å². The molecule has 35 heavy (non-hydrogen) atoms. The third-order valence-electron chi connectivity index (χ3n) is 6.50. The van der Waals surface area contributed by atoms with Crippen LogP contribution in [0.4, 0.5) is 13.2 Å². The molecule has 182 valence electrons. The summed E-state index contributed by atoms with van der Waals surface area (Å²) in [5, 5.41) is 0. The number of halogens is 3. The molecular formula is C27H26F3N3O2. The molecule has 1 atom stereocenters. The van der Waals surface area contributed by atoms with Gasteiger partial charge < -0.3 is 19.4 Å². The highest BCUT2D eigenvalue weighted by Gasteiger charge is 2.33. The van der Waals surface area contributed by atoms with Gasteiger partial charge in [0.1, 0.15) is 23.5 Å². The van der Waals surface area contributed by atoms with Crippen molar-refractivity contribution in [3.8, 4) is 16.9 Å². The zero-order chi connectivity index (χ0) is 24.5. The molecule has 1 aliphatic rings. The highest BCUT2D eigenvalue weighted by molar-refractivity contribution is 5.75. The van der Waals surface area contributed by atoms with Crippen LogP contribution in [0.25, 0.3) is 22.2 Å². The molecule has 0 bridgehead atoms. The van der Waals surface area contributed by atoms with Crippen molar-refractivity contribution < 1.29 is 22.6 Å².